The summed E-state index contributed by atoms with van der Waals surface area (Å²) in [4.78, 5) is 1.57. The van der Waals surface area contributed by atoms with Crippen molar-refractivity contribution >= 4 is 16.7 Å². The minimum Gasteiger partial charge on any atom is -0.495 e. The van der Waals surface area contributed by atoms with Crippen LogP contribution in [0.3, 0.4) is 0 Å². The summed E-state index contributed by atoms with van der Waals surface area (Å²) in [5, 5.41) is 8.86. The summed E-state index contributed by atoms with van der Waals surface area (Å²) < 4.78 is 10.6. The quantitative estimate of drug-likeness (QED) is 0.745. The van der Waals surface area contributed by atoms with E-state index >= 15 is 0 Å². The van der Waals surface area contributed by atoms with Gasteiger partial charge in [0.15, 0.2) is 0 Å². The normalized spacial score (nSPS) is 10.8. The molecule has 0 bridgehead atoms. The first kappa shape index (κ1) is 13.2. The number of anilines is 1. The molecule has 0 saturated heterocycles. The van der Waals surface area contributed by atoms with E-state index in [-0.39, 0.29) is 0 Å². The van der Waals surface area contributed by atoms with Crippen LogP contribution >= 0.6 is 0 Å². The highest BCUT2D eigenvalue weighted by molar-refractivity contribution is 5.81. The van der Waals surface area contributed by atoms with E-state index in [2.05, 4.69) is 10.2 Å². The lowest BCUT2D eigenvalue weighted by molar-refractivity contribution is 0.340. The number of nitrogen functional groups attached to an aromatic ring is 1. The van der Waals surface area contributed by atoms with Gasteiger partial charge in [-0.3, -0.25) is 0 Å². The van der Waals surface area contributed by atoms with Gasteiger partial charge in [0, 0.05) is 6.07 Å². The molecular weight excluding hydrogens is 268 g/mol. The number of methoxy groups -OCH3 is 1. The third-order valence-corrected chi connectivity index (χ3v) is 3.11. The average molecular weight is 284 g/mol. The van der Waals surface area contributed by atoms with Crippen molar-refractivity contribution in [3.8, 4) is 17.2 Å². The van der Waals surface area contributed by atoms with Gasteiger partial charge in [-0.15, -0.1) is 10.2 Å². The van der Waals surface area contributed by atoms with E-state index in [0.29, 0.717) is 18.0 Å². The van der Waals surface area contributed by atoms with Crippen LogP contribution in [0.1, 0.15) is 6.92 Å². The first-order chi connectivity index (χ1) is 10.2. The van der Waals surface area contributed by atoms with Gasteiger partial charge in [-0.05, 0) is 37.3 Å². The fraction of sp³-hybridized carbons (Fsp3) is 0.200. The highest BCUT2D eigenvalue weighted by Gasteiger charge is 2.09. The van der Waals surface area contributed by atoms with Gasteiger partial charge in [-0.25, -0.2) is 0 Å². The van der Waals surface area contributed by atoms with Crippen molar-refractivity contribution in [1.29, 1.82) is 0 Å². The molecule has 3 aromatic rings. The molecule has 0 aliphatic carbocycles. The van der Waals surface area contributed by atoms with Crippen molar-refractivity contribution in [3.63, 3.8) is 0 Å². The lowest BCUT2D eigenvalue weighted by atomic mass is 10.2. The molecule has 0 spiro atoms. The highest BCUT2D eigenvalue weighted by atomic mass is 16.5. The number of fused-ring (bicyclic) bond motifs is 1. The van der Waals surface area contributed by atoms with E-state index in [9.17, 15) is 0 Å². The Labute approximate surface area is 122 Å². The fourth-order valence-corrected chi connectivity index (χ4v) is 2.10. The summed E-state index contributed by atoms with van der Waals surface area (Å²) in [6, 6.07) is 11.1. The predicted octanol–water partition coefficient (Wildman–Crippen LogP) is 2.41. The van der Waals surface area contributed by atoms with Gasteiger partial charge in [0.05, 0.1) is 25.1 Å². The summed E-state index contributed by atoms with van der Waals surface area (Å²) in [6.45, 7) is 2.59. The minimum atomic E-state index is 0.545. The second-order valence-electron chi connectivity index (χ2n) is 4.50. The maximum Gasteiger partial charge on any atom is 0.144 e. The van der Waals surface area contributed by atoms with Gasteiger partial charge < -0.3 is 15.2 Å². The Kier molecular flexibility index (Phi) is 3.35. The van der Waals surface area contributed by atoms with Crippen molar-refractivity contribution in [2.45, 2.75) is 6.92 Å². The molecule has 6 nitrogen and oxygen atoms in total. The van der Waals surface area contributed by atoms with Crippen molar-refractivity contribution < 1.29 is 9.47 Å². The standard InChI is InChI=1S/C15H16N4O2/c1-3-21-11-6-4-10(5-7-11)19-17-13-8-12(16)15(20-2)9-14(13)18-19/h4-9H,3,16H2,1-2H3. The molecule has 0 unspecified atom stereocenters. The number of rotatable bonds is 4. The molecule has 2 aromatic carbocycles. The average Bonchev–Trinajstić information content (AvgIpc) is 2.90. The third-order valence-electron chi connectivity index (χ3n) is 3.11. The van der Waals surface area contributed by atoms with E-state index in [1.807, 2.05) is 31.2 Å². The number of nitrogens with zero attached hydrogens (tertiary/aromatic N) is 3. The molecule has 0 fully saturated rings. The maximum atomic E-state index is 5.88. The van der Waals surface area contributed by atoms with Crippen molar-refractivity contribution in [2.75, 3.05) is 19.5 Å². The fourth-order valence-electron chi connectivity index (χ4n) is 2.10. The Morgan fingerprint density at radius 2 is 1.76 bits per heavy atom. The molecule has 0 amide bonds. The number of aromatic nitrogens is 3. The molecule has 108 valence electrons. The van der Waals surface area contributed by atoms with Gasteiger partial charge in [0.2, 0.25) is 0 Å². The monoisotopic (exact) mass is 284 g/mol. The SMILES string of the molecule is CCOc1ccc(-n2nc3cc(N)c(OC)cc3n2)cc1. The summed E-state index contributed by atoms with van der Waals surface area (Å²) in [7, 11) is 1.58. The Balaban J connectivity index is 2.00. The lowest BCUT2D eigenvalue weighted by Crippen LogP contribution is -1.98. The van der Waals surface area contributed by atoms with Crippen LogP contribution in [0.15, 0.2) is 36.4 Å². The zero-order valence-electron chi connectivity index (χ0n) is 11.9. The first-order valence-corrected chi connectivity index (χ1v) is 6.65. The molecule has 0 aliphatic heterocycles. The topological polar surface area (TPSA) is 75.2 Å². The summed E-state index contributed by atoms with van der Waals surface area (Å²) in [5.74, 6) is 1.42. The van der Waals surface area contributed by atoms with E-state index in [1.165, 1.54) is 0 Å². The van der Waals surface area contributed by atoms with Crippen LogP contribution in [0.4, 0.5) is 5.69 Å². The smallest absolute Gasteiger partial charge is 0.144 e. The summed E-state index contributed by atoms with van der Waals surface area (Å²) >= 11 is 0. The van der Waals surface area contributed by atoms with Gasteiger partial charge in [0.1, 0.15) is 22.5 Å². The number of ether oxygens (including phenoxy) is 2. The predicted molar refractivity (Wildman–Crippen MR) is 81.0 cm³/mol. The highest BCUT2D eigenvalue weighted by Crippen LogP contribution is 2.26. The van der Waals surface area contributed by atoms with Crippen molar-refractivity contribution in [1.82, 2.24) is 15.0 Å². The number of benzene rings is 2. The Morgan fingerprint density at radius 1 is 1.10 bits per heavy atom. The molecule has 21 heavy (non-hydrogen) atoms. The van der Waals surface area contributed by atoms with E-state index < -0.39 is 0 Å². The first-order valence-electron chi connectivity index (χ1n) is 6.65. The lowest BCUT2D eigenvalue weighted by Gasteiger charge is -2.03. The van der Waals surface area contributed by atoms with E-state index in [1.54, 1.807) is 24.0 Å². The maximum absolute atomic E-state index is 5.88. The van der Waals surface area contributed by atoms with Gasteiger partial charge in [0.25, 0.3) is 0 Å². The summed E-state index contributed by atoms with van der Waals surface area (Å²) in [5.41, 5.74) is 8.73. The van der Waals surface area contributed by atoms with Crippen LogP contribution in [0.5, 0.6) is 11.5 Å². The van der Waals surface area contributed by atoms with Gasteiger partial charge in [-0.1, -0.05) is 0 Å². The third kappa shape index (κ3) is 2.47. The van der Waals surface area contributed by atoms with Crippen molar-refractivity contribution in [3.05, 3.63) is 36.4 Å². The molecule has 0 aliphatic rings. The summed E-state index contributed by atoms with van der Waals surface area (Å²) in [6.07, 6.45) is 0. The minimum absolute atomic E-state index is 0.545. The van der Waals surface area contributed by atoms with Gasteiger partial charge >= 0.3 is 0 Å². The molecule has 0 saturated carbocycles. The van der Waals surface area contributed by atoms with Crippen LogP contribution < -0.4 is 15.2 Å². The van der Waals surface area contributed by atoms with Crippen molar-refractivity contribution in [2.24, 2.45) is 0 Å². The molecular formula is C15H16N4O2. The molecule has 2 N–H and O–H groups in total. The molecule has 0 atom stereocenters. The Hall–Kier alpha value is -2.76. The zero-order valence-corrected chi connectivity index (χ0v) is 11.9. The van der Waals surface area contributed by atoms with Crippen LogP contribution in [-0.2, 0) is 0 Å². The Morgan fingerprint density at radius 3 is 2.38 bits per heavy atom. The Bertz CT molecular complexity index is 765. The number of hydrogen-bond donors (Lipinski definition) is 1. The second-order valence-corrected chi connectivity index (χ2v) is 4.50. The van der Waals surface area contributed by atoms with Crippen LogP contribution in [0.2, 0.25) is 0 Å². The molecule has 1 heterocycles. The van der Waals surface area contributed by atoms with Crippen LogP contribution in [0, 0.1) is 0 Å². The molecule has 6 heteroatoms. The number of hydrogen-bond acceptors (Lipinski definition) is 5. The van der Waals surface area contributed by atoms with Crippen LogP contribution in [-0.4, -0.2) is 28.7 Å². The number of nitrogens with two attached hydrogens (primary N) is 1. The van der Waals surface area contributed by atoms with Crippen LogP contribution in [0.25, 0.3) is 16.7 Å². The molecule has 0 radical (unpaired) electrons. The van der Waals surface area contributed by atoms with Gasteiger partial charge in [-0.2, -0.15) is 4.80 Å². The van der Waals surface area contributed by atoms with E-state index in [0.717, 1.165) is 22.5 Å². The van der Waals surface area contributed by atoms with E-state index in [4.69, 9.17) is 15.2 Å². The largest absolute Gasteiger partial charge is 0.495 e. The zero-order chi connectivity index (χ0) is 14.8. The molecule has 1 aromatic heterocycles. The second kappa shape index (κ2) is 5.32. The molecule has 3 rings (SSSR count).